The van der Waals surface area contributed by atoms with Crippen LogP contribution in [0.4, 0.5) is 10.1 Å². The van der Waals surface area contributed by atoms with Crippen molar-refractivity contribution < 1.29 is 9.18 Å². The minimum atomic E-state index is -0.486. The van der Waals surface area contributed by atoms with Crippen LogP contribution in [0.2, 0.25) is 5.02 Å². The third-order valence-corrected chi connectivity index (χ3v) is 6.18. The molecule has 0 spiro atoms. The lowest BCUT2D eigenvalue weighted by Crippen LogP contribution is -2.46. The summed E-state index contributed by atoms with van der Waals surface area (Å²) in [6.07, 6.45) is 7.75. The van der Waals surface area contributed by atoms with Gasteiger partial charge in [0.25, 0.3) is 0 Å². The lowest BCUT2D eigenvalue weighted by atomic mass is 9.92. The number of carbonyl (C=O) groups excluding carboxylic acids is 1. The van der Waals surface area contributed by atoms with E-state index in [9.17, 15) is 9.18 Å². The zero-order valence-electron chi connectivity index (χ0n) is 15.4. The number of aromatic nitrogens is 2. The lowest BCUT2D eigenvalue weighted by molar-refractivity contribution is -0.122. The smallest absolute Gasteiger partial charge is 0.244 e. The molecule has 144 valence electrons. The van der Waals surface area contributed by atoms with Gasteiger partial charge < -0.3 is 9.47 Å². The summed E-state index contributed by atoms with van der Waals surface area (Å²) < 4.78 is 15.8. The van der Waals surface area contributed by atoms with E-state index in [1.54, 1.807) is 11.0 Å². The van der Waals surface area contributed by atoms with Crippen LogP contribution in [0, 0.1) is 11.7 Å². The Morgan fingerprint density at radius 1 is 1.22 bits per heavy atom. The molecule has 2 fully saturated rings. The molecule has 1 aromatic heterocycles. The summed E-state index contributed by atoms with van der Waals surface area (Å²) in [5.41, 5.74) is 0.592. The van der Waals surface area contributed by atoms with E-state index < -0.39 is 5.82 Å². The van der Waals surface area contributed by atoms with E-state index in [1.807, 2.05) is 19.4 Å². The van der Waals surface area contributed by atoms with Crippen molar-refractivity contribution in [1.29, 1.82) is 0 Å². The first kappa shape index (κ1) is 18.4. The van der Waals surface area contributed by atoms with Crippen molar-refractivity contribution in [2.45, 2.75) is 31.7 Å². The van der Waals surface area contributed by atoms with Crippen LogP contribution in [0.1, 0.15) is 25.1 Å². The van der Waals surface area contributed by atoms with E-state index in [1.165, 1.54) is 12.1 Å². The Morgan fingerprint density at radius 3 is 2.67 bits per heavy atom. The highest BCUT2D eigenvalue weighted by Gasteiger charge is 2.38. The molecule has 2 aliphatic rings. The van der Waals surface area contributed by atoms with Gasteiger partial charge in [-0.1, -0.05) is 11.6 Å². The molecule has 2 aromatic rings. The number of likely N-dealkylation sites (tertiary alicyclic amines) is 1. The third-order valence-electron chi connectivity index (χ3n) is 5.87. The largest absolute Gasteiger partial charge is 0.338 e. The number of rotatable bonds is 4. The third kappa shape index (κ3) is 3.73. The van der Waals surface area contributed by atoms with Gasteiger partial charge in [-0.3, -0.25) is 9.69 Å². The minimum absolute atomic E-state index is 0.0688. The molecular weight excluding hydrogens is 367 g/mol. The zero-order chi connectivity index (χ0) is 19.0. The first-order valence-corrected chi connectivity index (χ1v) is 9.87. The quantitative estimate of drug-likeness (QED) is 0.804. The molecule has 27 heavy (non-hydrogen) atoms. The molecule has 7 heteroatoms. The van der Waals surface area contributed by atoms with Crippen molar-refractivity contribution in [3.63, 3.8) is 0 Å². The van der Waals surface area contributed by atoms with Gasteiger partial charge >= 0.3 is 0 Å². The van der Waals surface area contributed by atoms with Gasteiger partial charge in [0.05, 0.1) is 11.1 Å². The van der Waals surface area contributed by atoms with Crippen LogP contribution in [0.5, 0.6) is 0 Å². The Hall–Kier alpha value is -1.92. The molecule has 2 saturated heterocycles. The van der Waals surface area contributed by atoms with Gasteiger partial charge in [0.1, 0.15) is 11.6 Å². The summed E-state index contributed by atoms with van der Waals surface area (Å²) in [6, 6.07) is 4.47. The van der Waals surface area contributed by atoms with Gasteiger partial charge in [-0.25, -0.2) is 9.37 Å². The fourth-order valence-electron chi connectivity index (χ4n) is 4.23. The normalized spacial score (nSPS) is 22.0. The van der Waals surface area contributed by atoms with Gasteiger partial charge in [-0.2, -0.15) is 0 Å². The van der Waals surface area contributed by atoms with Crippen molar-refractivity contribution in [2.75, 3.05) is 24.5 Å². The molecule has 4 rings (SSSR count). The van der Waals surface area contributed by atoms with Gasteiger partial charge in [-0.15, -0.1) is 0 Å². The van der Waals surface area contributed by atoms with Crippen molar-refractivity contribution in [3.05, 3.63) is 47.3 Å². The average molecular weight is 391 g/mol. The number of imidazole rings is 1. The number of benzene rings is 1. The predicted molar refractivity (Wildman–Crippen MR) is 103 cm³/mol. The van der Waals surface area contributed by atoms with Crippen LogP contribution >= 0.6 is 11.6 Å². The van der Waals surface area contributed by atoms with E-state index in [0.717, 1.165) is 44.6 Å². The van der Waals surface area contributed by atoms with E-state index in [0.29, 0.717) is 18.2 Å². The molecule has 0 radical (unpaired) electrons. The fourth-order valence-corrected chi connectivity index (χ4v) is 4.35. The number of amides is 1. The maximum absolute atomic E-state index is 13.8. The highest BCUT2D eigenvalue weighted by Crippen LogP contribution is 2.30. The van der Waals surface area contributed by atoms with Crippen LogP contribution in [-0.4, -0.2) is 46.0 Å². The van der Waals surface area contributed by atoms with Crippen LogP contribution in [0.25, 0.3) is 0 Å². The molecule has 0 N–H and O–H groups in total. The molecule has 1 unspecified atom stereocenters. The predicted octanol–water partition coefficient (Wildman–Crippen LogP) is 3.27. The lowest BCUT2D eigenvalue weighted by Gasteiger charge is -2.35. The topological polar surface area (TPSA) is 41.4 Å². The van der Waals surface area contributed by atoms with Gasteiger partial charge in [0, 0.05) is 38.1 Å². The minimum Gasteiger partial charge on any atom is -0.338 e. The molecule has 5 nitrogen and oxygen atoms in total. The summed E-state index contributed by atoms with van der Waals surface area (Å²) in [5, 5.41) is 0.0803. The van der Waals surface area contributed by atoms with E-state index in [4.69, 9.17) is 11.6 Å². The van der Waals surface area contributed by atoms with Gasteiger partial charge in [0.2, 0.25) is 5.91 Å². The second-order valence-electron chi connectivity index (χ2n) is 7.53. The zero-order valence-corrected chi connectivity index (χ0v) is 16.2. The first-order valence-electron chi connectivity index (χ1n) is 9.49. The van der Waals surface area contributed by atoms with Crippen LogP contribution in [0.3, 0.4) is 0 Å². The number of carbonyl (C=O) groups is 1. The summed E-state index contributed by atoms with van der Waals surface area (Å²) in [5.74, 6) is 1.32. The standard InChI is InChI=1S/C20H24ClFN4O/c1-24-11-7-23-19(24)12-14-4-8-25(9-5-14)18-6-10-26(20(18)27)15-2-3-16(21)17(22)13-15/h2-3,7,11,13-14,18H,4-6,8-10,12H2,1H3. The molecule has 1 amide bonds. The summed E-state index contributed by atoms with van der Waals surface area (Å²) in [6.45, 7) is 2.47. The Balaban J connectivity index is 1.35. The summed E-state index contributed by atoms with van der Waals surface area (Å²) in [7, 11) is 2.03. The van der Waals surface area contributed by atoms with Crippen LogP contribution in [-0.2, 0) is 18.3 Å². The first-order chi connectivity index (χ1) is 13.0. The molecule has 0 saturated carbocycles. The van der Waals surface area contributed by atoms with E-state index in [-0.39, 0.29) is 17.0 Å². The second kappa shape index (κ2) is 7.60. The Kier molecular flexibility index (Phi) is 5.19. The fraction of sp³-hybridized carbons (Fsp3) is 0.500. The molecule has 1 aromatic carbocycles. The van der Waals surface area contributed by atoms with Crippen LogP contribution in [0.15, 0.2) is 30.6 Å². The highest BCUT2D eigenvalue weighted by molar-refractivity contribution is 6.30. The molecule has 0 bridgehead atoms. The molecule has 0 aliphatic carbocycles. The van der Waals surface area contributed by atoms with Crippen molar-refractivity contribution >= 4 is 23.2 Å². The van der Waals surface area contributed by atoms with Gasteiger partial charge in [-0.05, 0) is 56.5 Å². The average Bonchev–Trinajstić information content (AvgIpc) is 3.24. The number of nitrogens with zero attached hydrogens (tertiary/aromatic N) is 4. The molecule has 3 heterocycles. The molecule has 1 atom stereocenters. The SMILES string of the molecule is Cn1ccnc1CC1CCN(C2CCN(c3ccc(Cl)c(F)c3)C2=O)CC1. The molecular formula is C20H24ClFN4O. The van der Waals surface area contributed by atoms with E-state index >= 15 is 0 Å². The van der Waals surface area contributed by atoms with Crippen molar-refractivity contribution in [1.82, 2.24) is 14.5 Å². The maximum Gasteiger partial charge on any atom is 0.244 e. The Bertz CT molecular complexity index is 831. The highest BCUT2D eigenvalue weighted by atomic mass is 35.5. The monoisotopic (exact) mass is 390 g/mol. The Labute approximate surface area is 163 Å². The second-order valence-corrected chi connectivity index (χ2v) is 7.94. The Morgan fingerprint density at radius 2 is 2.00 bits per heavy atom. The maximum atomic E-state index is 13.8. The number of piperidine rings is 1. The summed E-state index contributed by atoms with van der Waals surface area (Å²) in [4.78, 5) is 21.3. The number of hydrogen-bond acceptors (Lipinski definition) is 3. The molecule has 2 aliphatic heterocycles. The number of anilines is 1. The van der Waals surface area contributed by atoms with E-state index in [2.05, 4.69) is 14.5 Å². The van der Waals surface area contributed by atoms with Gasteiger partial charge in [0.15, 0.2) is 0 Å². The van der Waals surface area contributed by atoms with Crippen molar-refractivity contribution in [2.24, 2.45) is 13.0 Å². The number of hydrogen-bond donors (Lipinski definition) is 0. The van der Waals surface area contributed by atoms with Crippen molar-refractivity contribution in [3.8, 4) is 0 Å². The number of aryl methyl sites for hydroxylation is 1. The van der Waals surface area contributed by atoms with Crippen LogP contribution < -0.4 is 4.90 Å². The number of halogens is 2. The summed E-state index contributed by atoms with van der Waals surface area (Å²) >= 11 is 5.76.